The first kappa shape index (κ1) is 112. The third-order valence-electron chi connectivity index (χ3n) is 15.3. The van der Waals surface area contributed by atoms with E-state index >= 15 is 0 Å². The van der Waals surface area contributed by atoms with Crippen LogP contribution in [-0.2, 0) is 70.2 Å². The lowest BCUT2D eigenvalue weighted by Crippen LogP contribution is -2.37. The number of hydrogen-bond acceptors (Lipinski definition) is 38. The first-order valence-corrected chi connectivity index (χ1v) is 48.9. The Morgan fingerprint density at radius 2 is 0.604 bits per heavy atom. The predicted octanol–water partition coefficient (Wildman–Crippen LogP) is 5.53. The number of nitrogens with one attached hydrogen (secondary N) is 6. The molecular formula is C84H118N22O22S6. The second-order valence-electron chi connectivity index (χ2n) is 38.3. The summed E-state index contributed by atoms with van der Waals surface area (Å²) in [6, 6.07) is 24.6. The van der Waals surface area contributed by atoms with Crippen LogP contribution >= 0.6 is 0 Å². The van der Waals surface area contributed by atoms with E-state index in [1.165, 1.54) is 36.4 Å². The topological polar surface area (TPSA) is 577 Å². The van der Waals surface area contributed by atoms with Crippen molar-refractivity contribution in [2.24, 2.45) is 10.2 Å². The molecule has 2 aliphatic heterocycles. The number of quaternary nitrogens is 6. The highest BCUT2D eigenvalue weighted by Gasteiger charge is 2.36. The van der Waals surface area contributed by atoms with Gasteiger partial charge < -0.3 is 94.8 Å². The summed E-state index contributed by atoms with van der Waals surface area (Å²) in [5, 5.41) is 18.7. The quantitative estimate of drug-likeness (QED) is 0.0210. The number of ether oxygens (including phenoxy) is 2. The average Bonchev–Trinajstić information content (AvgIpc) is 0.748. The summed E-state index contributed by atoms with van der Waals surface area (Å²) in [5.74, 6) is -4.61. The molecule has 0 amide bonds. The van der Waals surface area contributed by atoms with E-state index in [1.54, 1.807) is 46.2 Å². The molecule has 0 saturated carbocycles. The number of nitrogens with zero attached hydrogens (tertiary/aromatic N) is 16. The number of ketones is 2. The van der Waals surface area contributed by atoms with Gasteiger partial charge in [-0.15, -0.1) is 0 Å². The molecule has 0 atom stereocenters. The molecule has 50 heteroatoms. The lowest BCUT2D eigenvalue weighted by Gasteiger charge is -2.27. The molecular weight excluding hydrogens is 1860 g/mol. The second-order valence-corrected chi connectivity index (χ2v) is 46.5. The Balaban J connectivity index is 0.000000798. The molecule has 4 heterocycles. The summed E-state index contributed by atoms with van der Waals surface area (Å²) in [6.45, 7) is 1.31. The van der Waals surface area contributed by atoms with Gasteiger partial charge >= 0.3 is 0 Å². The van der Waals surface area contributed by atoms with Crippen molar-refractivity contribution >= 4 is 178 Å². The molecule has 2 fully saturated rings. The fraction of sp³-hybridized carbons (Fsp3) is 0.381. The summed E-state index contributed by atoms with van der Waals surface area (Å²) in [6.07, 6.45) is 3.28. The Kier molecular flexibility index (Phi) is 37.4. The van der Waals surface area contributed by atoms with Crippen molar-refractivity contribution in [3.8, 4) is 0 Å². The molecule has 2 aromatic heterocycles. The van der Waals surface area contributed by atoms with Gasteiger partial charge in [0, 0.05) is 37.6 Å². The van der Waals surface area contributed by atoms with Crippen molar-refractivity contribution in [1.82, 2.24) is 29.9 Å². The largest absolute Gasteiger partial charge is 0.744 e. The third-order valence-corrected chi connectivity index (χ3v) is 20.4. The van der Waals surface area contributed by atoms with Crippen molar-refractivity contribution in [3.63, 3.8) is 0 Å². The molecule has 8 aromatic rings. The van der Waals surface area contributed by atoms with Gasteiger partial charge in [0.2, 0.25) is 47.3 Å². The van der Waals surface area contributed by atoms with Crippen LogP contribution in [0.2, 0.25) is 0 Å². The first-order valence-electron chi connectivity index (χ1n) is 40.5. The summed E-state index contributed by atoms with van der Waals surface area (Å²) in [7, 11) is 18.1. The van der Waals surface area contributed by atoms with E-state index in [1.807, 2.05) is 0 Å². The Morgan fingerprint density at radius 3 is 0.858 bits per heavy atom. The van der Waals surface area contributed by atoms with Gasteiger partial charge in [-0.25, -0.2) is 50.5 Å². The Labute approximate surface area is 784 Å². The van der Waals surface area contributed by atoms with Crippen molar-refractivity contribution in [1.29, 1.82) is 0 Å². The van der Waals surface area contributed by atoms with Crippen LogP contribution in [0.3, 0.4) is 0 Å². The number of benzene rings is 6. The van der Waals surface area contributed by atoms with E-state index in [0.29, 0.717) is 24.3 Å². The zero-order valence-electron chi connectivity index (χ0n) is 79.1. The van der Waals surface area contributed by atoms with Gasteiger partial charge in [-0.2, -0.15) is 40.1 Å². The molecule has 2 aliphatic carbocycles. The number of Topliss-reactive ketones (excluding diaryl/α,β-unsaturated/α-hetero) is 2. The van der Waals surface area contributed by atoms with Crippen LogP contribution in [0.5, 0.6) is 0 Å². The molecule has 6 aromatic carbocycles. The fourth-order valence-electron chi connectivity index (χ4n) is 10.6. The van der Waals surface area contributed by atoms with Crippen molar-refractivity contribution in [3.05, 3.63) is 165 Å². The van der Waals surface area contributed by atoms with Crippen LogP contribution in [0, 0.1) is 0 Å². The van der Waals surface area contributed by atoms with E-state index in [0.717, 1.165) is 75.4 Å². The van der Waals surface area contributed by atoms with E-state index in [9.17, 15) is 87.4 Å². The predicted molar refractivity (Wildman–Crippen MR) is 508 cm³/mol. The molecule has 44 nitrogen and oxygen atoms in total. The van der Waals surface area contributed by atoms with Crippen molar-refractivity contribution < 1.29 is 124 Å². The molecule has 0 spiro atoms. The highest BCUT2D eigenvalue weighted by Crippen LogP contribution is 2.39. The van der Waals surface area contributed by atoms with Crippen LogP contribution in [0.25, 0.3) is 24.3 Å². The van der Waals surface area contributed by atoms with Crippen LogP contribution < -0.4 is 41.9 Å². The lowest BCUT2D eigenvalue weighted by atomic mass is 9.93. The molecule has 0 bridgehead atoms. The number of para-hydroxylation sites is 2. The summed E-state index contributed by atoms with van der Waals surface area (Å²) in [5.41, 5.74) is -0.704. The van der Waals surface area contributed by atoms with Crippen LogP contribution in [-0.4, -0.2) is 379 Å². The molecule has 4 aliphatic rings. The fourth-order valence-corrected chi connectivity index (χ4v) is 14.4. The minimum atomic E-state index is -5.53. The Bertz CT molecular complexity index is 5980. The Hall–Kier alpha value is -11.2. The van der Waals surface area contributed by atoms with Crippen LogP contribution in [0.15, 0.2) is 161 Å². The van der Waals surface area contributed by atoms with E-state index in [2.05, 4.69) is 241 Å². The molecule has 6 N–H and O–H groups in total. The highest BCUT2D eigenvalue weighted by molar-refractivity contribution is 7.91. The van der Waals surface area contributed by atoms with Gasteiger partial charge in [-0.3, -0.25) is 20.4 Å². The highest BCUT2D eigenvalue weighted by atomic mass is 32.2. The van der Waals surface area contributed by atoms with Gasteiger partial charge in [-0.05, 0) is 107 Å². The second kappa shape index (κ2) is 45.0. The molecule has 732 valence electrons. The number of aromatic nitrogens is 6. The van der Waals surface area contributed by atoms with Gasteiger partial charge in [0.05, 0.1) is 259 Å². The third kappa shape index (κ3) is 39.4. The number of fused-ring (bicyclic) bond motifs is 2. The summed E-state index contributed by atoms with van der Waals surface area (Å²) in [4.78, 5) is 52.0. The van der Waals surface area contributed by atoms with E-state index in [4.69, 9.17) is 9.47 Å². The first-order chi connectivity index (χ1) is 61.1. The lowest BCUT2D eigenvalue weighted by molar-refractivity contribution is -0.849. The normalized spacial score (nSPS) is 15.2. The van der Waals surface area contributed by atoms with Crippen LogP contribution in [0.4, 0.5) is 69.8 Å². The van der Waals surface area contributed by atoms with Crippen molar-refractivity contribution in [2.75, 3.05) is 264 Å². The number of hydrogen-bond donors (Lipinski definition) is 6. The van der Waals surface area contributed by atoms with E-state index < -0.39 is 171 Å². The summed E-state index contributed by atoms with van der Waals surface area (Å²) < 4.78 is 246. The monoisotopic (exact) mass is 1980 g/mol. The van der Waals surface area contributed by atoms with Gasteiger partial charge in [-0.1, -0.05) is 60.7 Å². The number of rotatable bonds is 22. The number of carbonyl (C=O) groups excluding carboxylic acids is 2. The molecule has 0 unspecified atom stereocenters. The number of carbonyl (C=O) groups is 2. The maximum absolute atomic E-state index is 14.4. The van der Waals surface area contributed by atoms with Crippen molar-refractivity contribution in [2.45, 2.75) is 19.6 Å². The molecule has 2 saturated heterocycles. The number of allylic oxidation sites excluding steroid dienone is 2. The van der Waals surface area contributed by atoms with Gasteiger partial charge in [0.1, 0.15) is 72.1 Å². The molecule has 134 heavy (non-hydrogen) atoms. The maximum atomic E-state index is 14.4. The van der Waals surface area contributed by atoms with Gasteiger partial charge in [0.15, 0.2) is 0 Å². The van der Waals surface area contributed by atoms with Crippen LogP contribution in [0.1, 0.15) is 43.0 Å². The molecule has 12 rings (SSSR count). The SMILES string of the molecule is C[N+](C)(C)C.C[N+](C)(C)C.C[N+](C)(C)C.C[N+](C)(C)C.C[N+](C)(C)C.C[N+](C)(C)C.O=C1/C(=N/Nc2ccccc2)C(S(=O)(=O)[O-])=Cc2cc(S(=O)(=O)[O-])cc(Nc3nc(Nc4ccc(/C=C/c5ccc(Nc6nc(Nc7cc(S(=O)(=O)[O-])cc8c7C(=O)/C(=N/Nc7ccccc7)C(S(=O)(=O)[O-])=C8)nc(N7CCOCC7)n6)cc5S(=O)(=O)[O-])c(S(=O)(=O)[O-])c4)nc(N4CCOCC4)n3)c21. The van der Waals surface area contributed by atoms with E-state index in [-0.39, 0.29) is 98.4 Å². The maximum Gasteiger partial charge on any atom is 0.233 e. The number of hydrazone groups is 2. The Morgan fingerprint density at radius 1 is 0.336 bits per heavy atom. The smallest absolute Gasteiger partial charge is 0.233 e. The zero-order valence-corrected chi connectivity index (χ0v) is 84.0. The number of morpholine rings is 2. The number of anilines is 12. The standard InChI is InChI=1S/C60H52N16O22S6.6C4H12N/c77-53-49-35(27-47(103(91,92)93)51(53)73-71-37-7-3-1-4-8-37)25-41(99(79,80)81)31-43(49)63-57-65-55(67-59(69-57)75-17-21-97-22-18-75)61-39-15-13-33(45(29-39)101(85,86)87)11-12-34-14-16-40(30-46(34)102(88,89)90)62-56-66-58(70-60(68-56)76-19-23-98-24-20-76)64-44-32-42(100(82,83)84)26-36-28-48(104(94,95)96)52(54(78)50(36)44)74-72-38-9-5-2-6-10-38;6*1-5(2,3)4/h1-16,25-32,71-72H,17-24H2,(H,79,80,81)(H,82,83,84)(H,85,86,87)(H,88,89,90)(H,91,92,93)(H,94,95,96)(H2,61,63,65,67,69)(H2,62,64,66,68,70);6*1-4H3/q;6*+1/p-6/b12-11+,73-51+,74-52+;;;;;;. The average molecular weight is 1980 g/mol. The minimum absolute atomic E-state index is 0.126. The zero-order chi connectivity index (χ0) is 101. The summed E-state index contributed by atoms with van der Waals surface area (Å²) >= 11 is 0. The minimum Gasteiger partial charge on any atom is -0.744 e. The molecule has 0 radical (unpaired) electrons. The van der Waals surface area contributed by atoms with Gasteiger partial charge in [0.25, 0.3) is 0 Å².